The van der Waals surface area contributed by atoms with E-state index in [1.54, 1.807) is 0 Å². The van der Waals surface area contributed by atoms with E-state index < -0.39 is 0 Å². The van der Waals surface area contributed by atoms with Gasteiger partial charge in [0.15, 0.2) is 0 Å². The standard InChI is InChI=1S/C21H31N3O2.ClH/c1-22-12-9-17-10-14-23(15-11-17)21(26)19-8-5-13-24(16-19)20(25)18-6-3-2-4-7-18;/h2-4,6-7,17,19,22H,5,8-16H2,1H3;1H. The number of hydrogen-bond donors (Lipinski definition) is 1. The van der Waals surface area contributed by atoms with Crippen molar-refractivity contribution in [1.82, 2.24) is 15.1 Å². The van der Waals surface area contributed by atoms with Crippen molar-refractivity contribution in [3.63, 3.8) is 0 Å². The van der Waals surface area contributed by atoms with E-state index in [2.05, 4.69) is 5.32 Å². The molecule has 0 saturated carbocycles. The third-order valence-corrected chi connectivity index (χ3v) is 5.81. The van der Waals surface area contributed by atoms with E-state index in [-0.39, 0.29) is 30.1 Å². The highest BCUT2D eigenvalue weighted by atomic mass is 35.5. The number of amides is 2. The van der Waals surface area contributed by atoms with Gasteiger partial charge in [0.25, 0.3) is 5.91 Å². The molecular weight excluding hydrogens is 362 g/mol. The fourth-order valence-electron chi connectivity index (χ4n) is 4.18. The van der Waals surface area contributed by atoms with Crippen molar-refractivity contribution in [1.29, 1.82) is 0 Å². The highest BCUT2D eigenvalue weighted by molar-refractivity contribution is 5.94. The minimum absolute atomic E-state index is 0. The molecule has 1 aromatic rings. The first-order chi connectivity index (χ1) is 12.7. The molecule has 0 spiro atoms. The van der Waals surface area contributed by atoms with Crippen LogP contribution in [-0.4, -0.2) is 61.4 Å². The van der Waals surface area contributed by atoms with Crippen LogP contribution in [0.1, 0.15) is 42.5 Å². The number of hydrogen-bond acceptors (Lipinski definition) is 3. The summed E-state index contributed by atoms with van der Waals surface area (Å²) in [4.78, 5) is 29.5. The number of halogens is 1. The molecule has 5 nitrogen and oxygen atoms in total. The Balaban J connectivity index is 0.00000261. The molecule has 1 unspecified atom stereocenters. The molecule has 2 saturated heterocycles. The van der Waals surface area contributed by atoms with Crippen LogP contribution in [0.25, 0.3) is 0 Å². The number of piperidine rings is 2. The zero-order chi connectivity index (χ0) is 18.4. The minimum atomic E-state index is -0.0368. The summed E-state index contributed by atoms with van der Waals surface area (Å²) in [6.07, 6.45) is 5.21. The summed E-state index contributed by atoms with van der Waals surface area (Å²) in [5.41, 5.74) is 0.714. The van der Waals surface area contributed by atoms with Crippen molar-refractivity contribution in [2.24, 2.45) is 11.8 Å². The molecule has 2 heterocycles. The topological polar surface area (TPSA) is 52.7 Å². The average Bonchev–Trinajstić information content (AvgIpc) is 2.72. The third-order valence-electron chi connectivity index (χ3n) is 5.81. The van der Waals surface area contributed by atoms with E-state index in [4.69, 9.17) is 0 Å². The van der Waals surface area contributed by atoms with Crippen LogP contribution < -0.4 is 5.32 Å². The van der Waals surface area contributed by atoms with E-state index in [0.717, 1.165) is 57.8 Å². The van der Waals surface area contributed by atoms with Crippen molar-refractivity contribution in [2.45, 2.75) is 32.1 Å². The molecule has 1 atom stereocenters. The van der Waals surface area contributed by atoms with Gasteiger partial charge in [0.05, 0.1) is 5.92 Å². The highest BCUT2D eigenvalue weighted by Crippen LogP contribution is 2.25. The van der Waals surface area contributed by atoms with E-state index in [0.29, 0.717) is 12.1 Å². The lowest BCUT2D eigenvalue weighted by molar-refractivity contribution is -0.138. The quantitative estimate of drug-likeness (QED) is 0.836. The van der Waals surface area contributed by atoms with Crippen molar-refractivity contribution >= 4 is 24.2 Å². The first-order valence-corrected chi connectivity index (χ1v) is 9.96. The number of nitrogens with zero attached hydrogens (tertiary/aromatic N) is 2. The summed E-state index contributed by atoms with van der Waals surface area (Å²) >= 11 is 0. The number of carbonyl (C=O) groups is 2. The van der Waals surface area contributed by atoms with Crippen LogP contribution in [0.3, 0.4) is 0 Å². The fourth-order valence-corrected chi connectivity index (χ4v) is 4.18. The van der Waals surface area contributed by atoms with Crippen LogP contribution in [0.15, 0.2) is 30.3 Å². The lowest BCUT2D eigenvalue weighted by Gasteiger charge is -2.38. The van der Waals surface area contributed by atoms with Gasteiger partial charge in [-0.3, -0.25) is 9.59 Å². The summed E-state index contributed by atoms with van der Waals surface area (Å²) in [7, 11) is 1.99. The first-order valence-electron chi connectivity index (χ1n) is 9.96. The maximum absolute atomic E-state index is 13.0. The Labute approximate surface area is 168 Å². The average molecular weight is 394 g/mol. The van der Waals surface area contributed by atoms with Crippen molar-refractivity contribution < 1.29 is 9.59 Å². The molecule has 0 aromatic heterocycles. The summed E-state index contributed by atoms with van der Waals surface area (Å²) < 4.78 is 0. The molecule has 0 radical (unpaired) electrons. The second-order valence-corrected chi connectivity index (χ2v) is 7.62. The van der Waals surface area contributed by atoms with Gasteiger partial charge in [-0.05, 0) is 63.7 Å². The van der Waals surface area contributed by atoms with Gasteiger partial charge in [-0.15, -0.1) is 12.4 Å². The normalized spacial score (nSPS) is 20.9. The third kappa shape index (κ3) is 5.69. The predicted octanol–water partition coefficient (Wildman–Crippen LogP) is 2.81. The lowest BCUT2D eigenvalue weighted by Crippen LogP contribution is -2.48. The van der Waals surface area contributed by atoms with Gasteiger partial charge in [0.1, 0.15) is 0 Å². The lowest BCUT2D eigenvalue weighted by atomic mass is 9.91. The number of benzene rings is 1. The largest absolute Gasteiger partial charge is 0.342 e. The van der Waals surface area contributed by atoms with Gasteiger partial charge in [0.2, 0.25) is 5.91 Å². The Kier molecular flexibility index (Phi) is 8.58. The fraction of sp³-hybridized carbons (Fsp3) is 0.619. The number of nitrogens with one attached hydrogen (secondary N) is 1. The van der Waals surface area contributed by atoms with Crippen LogP contribution in [0.5, 0.6) is 0 Å². The molecule has 1 N–H and O–H groups in total. The van der Waals surface area contributed by atoms with E-state index in [9.17, 15) is 9.59 Å². The Morgan fingerprint density at radius 3 is 2.41 bits per heavy atom. The van der Waals surface area contributed by atoms with Crippen LogP contribution in [0.2, 0.25) is 0 Å². The van der Waals surface area contributed by atoms with E-state index in [1.807, 2.05) is 47.2 Å². The van der Waals surface area contributed by atoms with Crippen LogP contribution >= 0.6 is 12.4 Å². The number of likely N-dealkylation sites (tertiary alicyclic amines) is 2. The van der Waals surface area contributed by atoms with Crippen LogP contribution in [0, 0.1) is 11.8 Å². The molecule has 1 aromatic carbocycles. The van der Waals surface area contributed by atoms with Crippen LogP contribution in [-0.2, 0) is 4.79 Å². The van der Waals surface area contributed by atoms with E-state index in [1.165, 1.54) is 6.42 Å². The zero-order valence-corrected chi connectivity index (χ0v) is 17.0. The molecule has 6 heteroatoms. The maximum atomic E-state index is 13.0. The van der Waals surface area contributed by atoms with Crippen molar-refractivity contribution in [3.05, 3.63) is 35.9 Å². The molecule has 3 rings (SSSR count). The van der Waals surface area contributed by atoms with Crippen molar-refractivity contribution in [3.8, 4) is 0 Å². The second-order valence-electron chi connectivity index (χ2n) is 7.62. The molecule has 150 valence electrons. The Morgan fingerprint density at radius 1 is 1.04 bits per heavy atom. The molecule has 0 bridgehead atoms. The molecule has 2 aliphatic heterocycles. The molecule has 0 aliphatic carbocycles. The van der Waals surface area contributed by atoms with Crippen molar-refractivity contribution in [2.75, 3.05) is 39.8 Å². The van der Waals surface area contributed by atoms with Gasteiger partial charge in [0, 0.05) is 31.7 Å². The van der Waals surface area contributed by atoms with Gasteiger partial charge in [-0.1, -0.05) is 18.2 Å². The number of carbonyl (C=O) groups excluding carboxylic acids is 2. The predicted molar refractivity (Wildman–Crippen MR) is 110 cm³/mol. The second kappa shape index (κ2) is 10.7. The Bertz CT molecular complexity index is 603. The van der Waals surface area contributed by atoms with Gasteiger partial charge in [-0.25, -0.2) is 0 Å². The van der Waals surface area contributed by atoms with Gasteiger partial charge in [-0.2, -0.15) is 0 Å². The summed E-state index contributed by atoms with van der Waals surface area (Å²) in [6, 6.07) is 9.39. The summed E-state index contributed by atoms with van der Waals surface area (Å²) in [5.74, 6) is 0.996. The smallest absolute Gasteiger partial charge is 0.253 e. The van der Waals surface area contributed by atoms with Crippen LogP contribution in [0.4, 0.5) is 0 Å². The first kappa shape index (κ1) is 21.7. The molecule has 2 amide bonds. The monoisotopic (exact) mass is 393 g/mol. The maximum Gasteiger partial charge on any atom is 0.253 e. The summed E-state index contributed by atoms with van der Waals surface area (Å²) in [6.45, 7) is 4.11. The van der Waals surface area contributed by atoms with Gasteiger partial charge >= 0.3 is 0 Å². The molecule has 27 heavy (non-hydrogen) atoms. The SMILES string of the molecule is CNCCC1CCN(C(=O)C2CCCN(C(=O)c3ccccc3)C2)CC1.Cl. The highest BCUT2D eigenvalue weighted by Gasteiger charge is 2.33. The van der Waals surface area contributed by atoms with E-state index >= 15 is 0 Å². The zero-order valence-electron chi connectivity index (χ0n) is 16.2. The Morgan fingerprint density at radius 2 is 1.74 bits per heavy atom. The minimum Gasteiger partial charge on any atom is -0.342 e. The molecular formula is C21H32ClN3O2. The van der Waals surface area contributed by atoms with Gasteiger partial charge < -0.3 is 15.1 Å². The molecule has 2 fully saturated rings. The summed E-state index contributed by atoms with van der Waals surface area (Å²) in [5, 5.41) is 3.21. The Hall–Kier alpha value is -1.59. The number of rotatable bonds is 5. The molecule has 2 aliphatic rings.